The summed E-state index contributed by atoms with van der Waals surface area (Å²) in [6.45, 7) is 4.31. The second-order valence-corrected chi connectivity index (χ2v) is 5.54. The number of hydrogen-bond acceptors (Lipinski definition) is 4. The smallest absolute Gasteiger partial charge is 0.161 e. The minimum atomic E-state index is 0.130. The van der Waals surface area contributed by atoms with Gasteiger partial charge in [-0.2, -0.15) is 0 Å². The number of pyridine rings is 1. The van der Waals surface area contributed by atoms with Gasteiger partial charge in [-0.05, 0) is 48.2 Å². The van der Waals surface area contributed by atoms with Crippen molar-refractivity contribution in [3.8, 4) is 11.5 Å². The lowest BCUT2D eigenvalue weighted by Crippen LogP contribution is -2.32. The molecule has 2 aliphatic rings. The van der Waals surface area contributed by atoms with Crippen molar-refractivity contribution >= 4 is 0 Å². The first-order valence-corrected chi connectivity index (χ1v) is 7.40. The Kier molecular flexibility index (Phi) is 3.04. The fourth-order valence-corrected chi connectivity index (χ4v) is 3.14. The molecule has 1 atom stereocenters. The second-order valence-electron chi connectivity index (χ2n) is 5.54. The molecule has 21 heavy (non-hydrogen) atoms. The average Bonchev–Trinajstić information content (AvgIpc) is 2.53. The van der Waals surface area contributed by atoms with Crippen LogP contribution in [0, 0.1) is 6.92 Å². The van der Waals surface area contributed by atoms with Crippen molar-refractivity contribution in [3.05, 3.63) is 52.8 Å². The Morgan fingerprint density at radius 3 is 2.81 bits per heavy atom. The number of nitrogens with zero attached hydrogens (tertiary/aromatic N) is 1. The lowest BCUT2D eigenvalue weighted by atomic mass is 9.90. The van der Waals surface area contributed by atoms with Gasteiger partial charge in [0.2, 0.25) is 0 Å². The lowest BCUT2D eigenvalue weighted by molar-refractivity contribution is 0.171. The number of aryl methyl sites for hydroxylation is 1. The first kappa shape index (κ1) is 12.7. The molecular weight excluding hydrogens is 264 g/mol. The van der Waals surface area contributed by atoms with Crippen LogP contribution >= 0.6 is 0 Å². The summed E-state index contributed by atoms with van der Waals surface area (Å²) in [5, 5.41) is 3.58. The van der Waals surface area contributed by atoms with Crippen molar-refractivity contribution in [2.45, 2.75) is 19.4 Å². The van der Waals surface area contributed by atoms with Gasteiger partial charge >= 0.3 is 0 Å². The van der Waals surface area contributed by atoms with E-state index in [-0.39, 0.29) is 6.04 Å². The van der Waals surface area contributed by atoms with Crippen LogP contribution in [0.1, 0.15) is 28.4 Å². The van der Waals surface area contributed by atoms with Crippen LogP contribution in [0.15, 0.2) is 30.5 Å². The van der Waals surface area contributed by atoms with Crippen LogP contribution in [-0.4, -0.2) is 24.7 Å². The van der Waals surface area contributed by atoms with Gasteiger partial charge in [0.25, 0.3) is 0 Å². The van der Waals surface area contributed by atoms with E-state index in [2.05, 4.69) is 35.4 Å². The average molecular weight is 282 g/mol. The van der Waals surface area contributed by atoms with Gasteiger partial charge in [-0.1, -0.05) is 6.07 Å². The van der Waals surface area contributed by atoms with Gasteiger partial charge < -0.3 is 14.8 Å². The molecule has 1 aromatic carbocycles. The SMILES string of the molecule is Cc1cccnc1C1NCCc2cc3c(cc21)OCCO3. The normalized spacial score (nSPS) is 20.0. The van der Waals surface area contributed by atoms with E-state index >= 15 is 0 Å². The molecule has 3 heterocycles. The molecule has 2 aliphatic heterocycles. The molecular formula is C17H18N2O2. The van der Waals surface area contributed by atoms with E-state index < -0.39 is 0 Å². The summed E-state index contributed by atoms with van der Waals surface area (Å²) in [7, 11) is 0. The molecule has 4 nitrogen and oxygen atoms in total. The number of fused-ring (bicyclic) bond motifs is 2. The molecule has 0 fully saturated rings. The number of rotatable bonds is 1. The van der Waals surface area contributed by atoms with Crippen molar-refractivity contribution in [2.75, 3.05) is 19.8 Å². The van der Waals surface area contributed by atoms with Gasteiger partial charge in [0.15, 0.2) is 11.5 Å². The minimum Gasteiger partial charge on any atom is -0.486 e. The van der Waals surface area contributed by atoms with Gasteiger partial charge in [-0.3, -0.25) is 4.98 Å². The molecule has 4 rings (SSSR count). The molecule has 4 heteroatoms. The molecule has 0 bridgehead atoms. The van der Waals surface area contributed by atoms with Crippen molar-refractivity contribution in [3.63, 3.8) is 0 Å². The van der Waals surface area contributed by atoms with Crippen LogP contribution in [0.2, 0.25) is 0 Å². The Bertz CT molecular complexity index is 684. The van der Waals surface area contributed by atoms with E-state index in [4.69, 9.17) is 9.47 Å². The maximum Gasteiger partial charge on any atom is 0.161 e. The summed E-state index contributed by atoms with van der Waals surface area (Å²) >= 11 is 0. The molecule has 1 unspecified atom stereocenters. The van der Waals surface area contributed by atoms with E-state index in [1.807, 2.05) is 12.3 Å². The third-order valence-corrected chi connectivity index (χ3v) is 4.18. The Labute approximate surface area is 124 Å². The Balaban J connectivity index is 1.82. The molecule has 0 amide bonds. The van der Waals surface area contributed by atoms with Gasteiger partial charge in [0, 0.05) is 12.7 Å². The molecule has 2 aromatic rings. The monoisotopic (exact) mass is 282 g/mol. The quantitative estimate of drug-likeness (QED) is 0.872. The molecule has 1 aromatic heterocycles. The predicted molar refractivity (Wildman–Crippen MR) is 80.0 cm³/mol. The van der Waals surface area contributed by atoms with Crippen LogP contribution in [0.3, 0.4) is 0 Å². The number of nitrogens with one attached hydrogen (secondary N) is 1. The zero-order valence-electron chi connectivity index (χ0n) is 12.1. The summed E-state index contributed by atoms with van der Waals surface area (Å²) in [5.74, 6) is 1.72. The molecule has 1 N–H and O–H groups in total. The maximum absolute atomic E-state index is 5.73. The highest BCUT2D eigenvalue weighted by molar-refractivity contribution is 5.52. The van der Waals surface area contributed by atoms with Gasteiger partial charge in [0.1, 0.15) is 13.2 Å². The Hall–Kier alpha value is -2.07. The largest absolute Gasteiger partial charge is 0.486 e. The topological polar surface area (TPSA) is 43.4 Å². The number of benzene rings is 1. The highest BCUT2D eigenvalue weighted by Gasteiger charge is 2.26. The molecule has 0 aliphatic carbocycles. The summed E-state index contributed by atoms with van der Waals surface area (Å²) in [4.78, 5) is 4.58. The van der Waals surface area contributed by atoms with Crippen molar-refractivity contribution in [1.29, 1.82) is 0 Å². The highest BCUT2D eigenvalue weighted by Crippen LogP contribution is 2.38. The number of hydrogen-bond donors (Lipinski definition) is 1. The van der Waals surface area contributed by atoms with Crippen molar-refractivity contribution in [1.82, 2.24) is 10.3 Å². The van der Waals surface area contributed by atoms with E-state index in [1.165, 1.54) is 16.7 Å². The third kappa shape index (κ3) is 2.16. The van der Waals surface area contributed by atoms with Crippen molar-refractivity contribution in [2.24, 2.45) is 0 Å². The van der Waals surface area contributed by atoms with E-state index in [0.29, 0.717) is 13.2 Å². The fourth-order valence-electron chi connectivity index (χ4n) is 3.14. The lowest BCUT2D eigenvalue weighted by Gasteiger charge is -2.30. The summed E-state index contributed by atoms with van der Waals surface area (Å²) < 4.78 is 11.4. The predicted octanol–water partition coefficient (Wildman–Crippen LogP) is 2.40. The zero-order valence-corrected chi connectivity index (χ0v) is 12.1. The van der Waals surface area contributed by atoms with Crippen LogP contribution < -0.4 is 14.8 Å². The molecule has 0 saturated heterocycles. The van der Waals surface area contributed by atoms with Gasteiger partial charge in [-0.15, -0.1) is 0 Å². The fraction of sp³-hybridized carbons (Fsp3) is 0.353. The second kappa shape index (κ2) is 5.04. The first-order chi connectivity index (χ1) is 10.3. The van der Waals surface area contributed by atoms with Crippen LogP contribution in [0.5, 0.6) is 11.5 Å². The van der Waals surface area contributed by atoms with E-state index in [9.17, 15) is 0 Å². The van der Waals surface area contributed by atoms with Crippen molar-refractivity contribution < 1.29 is 9.47 Å². The summed E-state index contributed by atoms with van der Waals surface area (Å²) in [5.41, 5.74) is 4.88. The van der Waals surface area contributed by atoms with Gasteiger partial charge in [0.05, 0.1) is 11.7 Å². The van der Waals surface area contributed by atoms with E-state index in [0.717, 1.165) is 30.2 Å². The number of aromatic nitrogens is 1. The van der Waals surface area contributed by atoms with Crippen LogP contribution in [-0.2, 0) is 6.42 Å². The standard InChI is InChI=1S/C17H18N2O2/c1-11-3-2-5-18-16(11)17-13-10-15-14(20-7-8-21-15)9-12(13)4-6-19-17/h2-3,5,9-10,17,19H,4,6-8H2,1H3. The molecule has 0 saturated carbocycles. The zero-order chi connectivity index (χ0) is 14.2. The summed E-state index contributed by atoms with van der Waals surface area (Å²) in [6.07, 6.45) is 2.87. The van der Waals surface area contributed by atoms with E-state index in [1.54, 1.807) is 0 Å². The Morgan fingerprint density at radius 2 is 2.00 bits per heavy atom. The minimum absolute atomic E-state index is 0.130. The Morgan fingerprint density at radius 1 is 1.19 bits per heavy atom. The highest BCUT2D eigenvalue weighted by atomic mass is 16.6. The summed E-state index contributed by atoms with van der Waals surface area (Å²) in [6, 6.07) is 8.47. The molecule has 0 spiro atoms. The third-order valence-electron chi connectivity index (χ3n) is 4.18. The first-order valence-electron chi connectivity index (χ1n) is 7.40. The van der Waals surface area contributed by atoms with Crippen LogP contribution in [0.4, 0.5) is 0 Å². The number of ether oxygens (including phenoxy) is 2. The van der Waals surface area contributed by atoms with Crippen LogP contribution in [0.25, 0.3) is 0 Å². The molecule has 108 valence electrons. The van der Waals surface area contributed by atoms with Gasteiger partial charge in [-0.25, -0.2) is 0 Å². The molecule has 0 radical (unpaired) electrons. The maximum atomic E-state index is 5.73.